The highest BCUT2D eigenvalue weighted by Crippen LogP contribution is 2.40. The fourth-order valence-electron chi connectivity index (χ4n) is 3.73. The second-order valence-electron chi connectivity index (χ2n) is 8.77. The maximum Gasteiger partial charge on any atom is 0.262 e. The van der Waals surface area contributed by atoms with Crippen molar-refractivity contribution in [3.63, 3.8) is 0 Å². The fraction of sp³-hybridized carbons (Fsp3) is 0.370. The summed E-state index contributed by atoms with van der Waals surface area (Å²) in [6.45, 7) is 10.9. The maximum absolute atomic E-state index is 12.1. The second-order valence-corrected chi connectivity index (χ2v) is 8.77. The summed E-state index contributed by atoms with van der Waals surface area (Å²) in [5, 5.41) is 0. The quantitative estimate of drug-likeness (QED) is 0.280. The van der Waals surface area contributed by atoms with Crippen LogP contribution in [0, 0.1) is 5.41 Å². The van der Waals surface area contributed by atoms with Crippen LogP contribution < -0.4 is 15.6 Å². The van der Waals surface area contributed by atoms with E-state index in [2.05, 4.69) is 56.8 Å². The van der Waals surface area contributed by atoms with Crippen molar-refractivity contribution in [2.45, 2.75) is 53.9 Å². The number of methoxy groups -OCH3 is 1. The third-order valence-electron chi connectivity index (χ3n) is 5.55. The third kappa shape index (κ3) is 7.97. The highest BCUT2D eigenvalue weighted by atomic mass is 16.5. The first kappa shape index (κ1) is 24.3. The summed E-state index contributed by atoms with van der Waals surface area (Å²) in [7, 11) is 1.62. The average molecular weight is 421 g/mol. The van der Waals surface area contributed by atoms with Gasteiger partial charge in [-0.25, -0.2) is 0 Å². The predicted molar refractivity (Wildman–Crippen MR) is 131 cm³/mol. The summed E-state index contributed by atoms with van der Waals surface area (Å²) >= 11 is 0. The summed E-state index contributed by atoms with van der Waals surface area (Å²) in [5.41, 5.74) is 11.6. The minimum absolute atomic E-state index is 0.208. The molecule has 0 bridgehead atoms. The monoisotopic (exact) mass is 420 g/mol. The number of hydrogen-bond acceptors (Lipinski definition) is 3. The van der Waals surface area contributed by atoms with Crippen molar-refractivity contribution in [2.75, 3.05) is 12.5 Å². The van der Waals surface area contributed by atoms with Gasteiger partial charge in [-0.15, -0.1) is 0 Å². The Labute approximate surface area is 187 Å². The zero-order valence-electron chi connectivity index (χ0n) is 19.7. The van der Waals surface area contributed by atoms with Crippen LogP contribution in [0.5, 0.6) is 5.75 Å². The molecule has 31 heavy (non-hydrogen) atoms. The van der Waals surface area contributed by atoms with E-state index in [1.54, 1.807) is 13.2 Å². The van der Waals surface area contributed by atoms with Crippen molar-refractivity contribution >= 4 is 11.6 Å². The second kappa shape index (κ2) is 11.4. The molecule has 0 atom stereocenters. The molecule has 0 aromatic heterocycles. The lowest BCUT2D eigenvalue weighted by atomic mass is 9.72. The highest BCUT2D eigenvalue weighted by molar-refractivity contribution is 5.89. The summed E-state index contributed by atoms with van der Waals surface area (Å²) in [5.74, 6) is 0.561. The molecule has 0 radical (unpaired) electrons. The van der Waals surface area contributed by atoms with Crippen molar-refractivity contribution in [1.82, 2.24) is 5.43 Å². The zero-order chi connectivity index (χ0) is 22.9. The molecule has 0 aliphatic heterocycles. The van der Waals surface area contributed by atoms with Gasteiger partial charge in [-0.2, -0.15) is 0 Å². The number of anilines is 1. The molecule has 1 aliphatic carbocycles. The van der Waals surface area contributed by atoms with Gasteiger partial charge in [0.05, 0.1) is 12.8 Å². The topological polar surface area (TPSA) is 50.4 Å². The van der Waals surface area contributed by atoms with Gasteiger partial charge in [-0.3, -0.25) is 15.6 Å². The standard InChI is InChI=1S/C27H36N2O2/c1-20(12-17-25-22(3)11-8-18-27(25,4)5)9-7-10-21(2)19-26(30)29-28-23-13-15-24(31-6)16-14-23/h7,9-10,12-17,19,28H,8,11,18H2,1-6H3,(H,29,30). The van der Waals surface area contributed by atoms with Crippen molar-refractivity contribution < 1.29 is 9.53 Å². The van der Waals surface area contributed by atoms with Gasteiger partial charge in [0.2, 0.25) is 0 Å². The van der Waals surface area contributed by atoms with Gasteiger partial charge in [-0.05, 0) is 80.9 Å². The molecule has 166 valence electrons. The largest absolute Gasteiger partial charge is 0.497 e. The first-order valence-electron chi connectivity index (χ1n) is 10.8. The predicted octanol–water partition coefficient (Wildman–Crippen LogP) is 6.67. The van der Waals surface area contributed by atoms with Crippen LogP contribution in [0.4, 0.5) is 5.69 Å². The van der Waals surface area contributed by atoms with Crippen LogP contribution in [0.2, 0.25) is 0 Å². The fourth-order valence-corrected chi connectivity index (χ4v) is 3.73. The Morgan fingerprint density at radius 3 is 2.45 bits per heavy atom. The van der Waals surface area contributed by atoms with Crippen molar-refractivity contribution in [1.29, 1.82) is 0 Å². The lowest BCUT2D eigenvalue weighted by Gasteiger charge is -2.32. The Bertz CT molecular complexity index is 913. The Morgan fingerprint density at radius 1 is 1.10 bits per heavy atom. The van der Waals surface area contributed by atoms with E-state index in [-0.39, 0.29) is 11.3 Å². The molecule has 2 N–H and O–H groups in total. The summed E-state index contributed by atoms with van der Waals surface area (Å²) in [6.07, 6.45) is 15.7. The van der Waals surface area contributed by atoms with Crippen LogP contribution in [0.15, 0.2) is 83.0 Å². The average Bonchev–Trinajstić information content (AvgIpc) is 2.71. The van der Waals surface area contributed by atoms with E-state index < -0.39 is 0 Å². The molecule has 0 saturated carbocycles. The van der Waals surface area contributed by atoms with E-state index in [4.69, 9.17) is 4.74 Å². The van der Waals surface area contributed by atoms with Gasteiger partial charge in [-0.1, -0.05) is 55.4 Å². The normalized spacial score (nSPS) is 17.4. The maximum atomic E-state index is 12.1. The molecule has 4 nitrogen and oxygen atoms in total. The number of hydrogen-bond donors (Lipinski definition) is 2. The molecular weight excluding hydrogens is 384 g/mol. The SMILES string of the molecule is COc1ccc(NNC(=O)C=C(C)C=CC=C(C)C=CC2=C(C)CCCC2(C)C)cc1. The number of carbonyl (C=O) groups is 1. The van der Waals surface area contributed by atoms with Crippen LogP contribution in [-0.4, -0.2) is 13.0 Å². The van der Waals surface area contributed by atoms with Gasteiger partial charge < -0.3 is 4.74 Å². The van der Waals surface area contributed by atoms with E-state index >= 15 is 0 Å². The molecule has 1 amide bonds. The number of nitrogens with one attached hydrogen (secondary N) is 2. The number of carbonyl (C=O) groups excluding carboxylic acids is 1. The molecule has 0 fully saturated rings. The molecule has 1 aromatic rings. The van der Waals surface area contributed by atoms with Crippen LogP contribution in [-0.2, 0) is 4.79 Å². The van der Waals surface area contributed by atoms with E-state index in [1.165, 1.54) is 36.0 Å². The number of allylic oxidation sites excluding steroid dienone is 9. The van der Waals surface area contributed by atoms with Gasteiger partial charge in [0, 0.05) is 6.08 Å². The van der Waals surface area contributed by atoms with E-state index in [1.807, 2.05) is 43.3 Å². The van der Waals surface area contributed by atoms with E-state index in [0.717, 1.165) is 17.0 Å². The highest BCUT2D eigenvalue weighted by Gasteiger charge is 2.26. The molecule has 0 unspecified atom stereocenters. The summed E-state index contributed by atoms with van der Waals surface area (Å²) < 4.78 is 5.12. The molecule has 0 saturated heterocycles. The lowest BCUT2D eigenvalue weighted by molar-refractivity contribution is -0.116. The molecule has 0 spiro atoms. The number of amides is 1. The smallest absolute Gasteiger partial charge is 0.262 e. The Morgan fingerprint density at radius 2 is 1.81 bits per heavy atom. The number of rotatable bonds is 8. The van der Waals surface area contributed by atoms with Crippen molar-refractivity contribution in [3.05, 3.63) is 83.0 Å². The van der Waals surface area contributed by atoms with Crippen molar-refractivity contribution in [3.8, 4) is 5.75 Å². The molecule has 2 rings (SSSR count). The first-order chi connectivity index (χ1) is 14.7. The van der Waals surface area contributed by atoms with Gasteiger partial charge >= 0.3 is 0 Å². The van der Waals surface area contributed by atoms with E-state index in [9.17, 15) is 4.79 Å². The van der Waals surface area contributed by atoms with Gasteiger partial charge in [0.1, 0.15) is 5.75 Å². The Hall–Kier alpha value is -3.01. The first-order valence-corrected chi connectivity index (χ1v) is 10.8. The zero-order valence-corrected chi connectivity index (χ0v) is 19.7. The van der Waals surface area contributed by atoms with Crippen molar-refractivity contribution in [2.24, 2.45) is 5.41 Å². The molecule has 0 heterocycles. The Kier molecular flexibility index (Phi) is 8.92. The number of hydrazine groups is 1. The molecule has 1 aromatic carbocycles. The number of benzene rings is 1. The van der Waals surface area contributed by atoms with Gasteiger partial charge in [0.25, 0.3) is 5.91 Å². The summed E-state index contributed by atoms with van der Waals surface area (Å²) in [4.78, 5) is 12.1. The number of ether oxygens (including phenoxy) is 1. The lowest BCUT2D eigenvalue weighted by Crippen LogP contribution is -2.27. The Balaban J connectivity index is 1.88. The minimum Gasteiger partial charge on any atom is -0.497 e. The van der Waals surface area contributed by atoms with Gasteiger partial charge in [0.15, 0.2) is 0 Å². The third-order valence-corrected chi connectivity index (χ3v) is 5.55. The molecular formula is C27H36N2O2. The minimum atomic E-state index is -0.208. The molecule has 4 heteroatoms. The van der Waals surface area contributed by atoms with Crippen LogP contribution in [0.25, 0.3) is 0 Å². The van der Waals surface area contributed by atoms with E-state index in [0.29, 0.717) is 0 Å². The summed E-state index contributed by atoms with van der Waals surface area (Å²) in [6, 6.07) is 7.33. The van der Waals surface area contributed by atoms with Crippen LogP contribution >= 0.6 is 0 Å². The van der Waals surface area contributed by atoms with Crippen LogP contribution in [0.3, 0.4) is 0 Å². The molecule has 1 aliphatic rings. The van der Waals surface area contributed by atoms with Crippen LogP contribution in [0.1, 0.15) is 53.9 Å².